The van der Waals surface area contributed by atoms with Crippen molar-refractivity contribution in [1.82, 2.24) is 10.2 Å². The van der Waals surface area contributed by atoms with Gasteiger partial charge in [0.2, 0.25) is 0 Å². The number of carbonyl (C=O) groups excluding carboxylic acids is 1. The summed E-state index contributed by atoms with van der Waals surface area (Å²) in [6, 6.07) is 2.67. The molecule has 0 saturated heterocycles. The summed E-state index contributed by atoms with van der Waals surface area (Å²) in [5, 5.41) is 4.48. The Kier molecular flexibility index (Phi) is 0.828. The molecule has 4 nitrogen and oxygen atoms in total. The number of amides is 1. The van der Waals surface area contributed by atoms with Gasteiger partial charge in [0.1, 0.15) is 0 Å². The van der Waals surface area contributed by atoms with E-state index in [2.05, 4.69) is 5.10 Å². The summed E-state index contributed by atoms with van der Waals surface area (Å²) in [7, 11) is 0. The van der Waals surface area contributed by atoms with Crippen molar-refractivity contribution < 1.29 is 8.95 Å². The number of hydrogen-bond acceptors (Lipinski definition) is 2. The van der Waals surface area contributed by atoms with Crippen molar-refractivity contribution in [2.75, 3.05) is 0 Å². The molecule has 0 aliphatic carbocycles. The van der Waals surface area contributed by atoms with Crippen LogP contribution in [-0.4, -0.2) is 16.1 Å². The monoisotopic (exact) mass is 164 g/mol. The van der Waals surface area contributed by atoms with Crippen LogP contribution in [0.1, 0.15) is 13.2 Å². The molecule has 0 bridgehead atoms. The van der Waals surface area contributed by atoms with E-state index in [0.717, 1.165) is 5.09 Å². The van der Waals surface area contributed by atoms with Crippen molar-refractivity contribution in [3.63, 3.8) is 0 Å². The minimum Gasteiger partial charge on any atom is -0.364 e. The lowest BCUT2D eigenvalue weighted by atomic mass is 10.2. The van der Waals surface area contributed by atoms with E-state index in [9.17, 15) is 4.79 Å². The van der Waals surface area contributed by atoms with Crippen molar-refractivity contribution >= 4 is 16.8 Å². The number of aromatic nitrogens is 2. The number of fused-ring (bicyclic) bond motifs is 1. The quantitative estimate of drug-likeness (QED) is 0.650. The highest BCUT2D eigenvalue weighted by Crippen LogP contribution is 2.13. The van der Waals surface area contributed by atoms with Gasteiger partial charge in [0, 0.05) is 5.39 Å². The average molecular weight is 164 g/mol. The highest BCUT2D eigenvalue weighted by atomic mass is 16.1. The SMILES string of the molecule is [2H]c1ccc2c(c(C(N)=O)nn2[2H])c1[2H]. The first kappa shape index (κ1) is 4.25. The maximum atomic E-state index is 11.0. The zero-order valence-corrected chi connectivity index (χ0v) is 6.03. The van der Waals surface area contributed by atoms with Crippen LogP contribution in [0.3, 0.4) is 0 Å². The van der Waals surface area contributed by atoms with E-state index in [1.807, 2.05) is 0 Å². The molecular weight excluding hydrogens is 154 g/mol. The molecule has 2 rings (SSSR count). The van der Waals surface area contributed by atoms with Crippen LogP contribution < -0.4 is 5.73 Å². The first-order chi connectivity index (χ1) is 7.02. The normalized spacial score (nSPS) is 13.8. The zero-order valence-electron chi connectivity index (χ0n) is 9.03. The number of nitrogens with zero attached hydrogens (tertiary/aromatic N) is 1. The maximum Gasteiger partial charge on any atom is 0.269 e. The van der Waals surface area contributed by atoms with Gasteiger partial charge in [-0.1, -0.05) is 18.2 Å². The number of hydrogen-bond donors (Lipinski definition) is 2. The molecule has 0 saturated carbocycles. The summed E-state index contributed by atoms with van der Waals surface area (Å²) in [6.07, 6.45) is 0. The van der Waals surface area contributed by atoms with E-state index in [1.54, 1.807) is 0 Å². The van der Waals surface area contributed by atoms with Gasteiger partial charge in [0.15, 0.2) is 7.11 Å². The molecular formula is C8H7N3O. The number of benzene rings is 1. The van der Waals surface area contributed by atoms with Gasteiger partial charge in [0.25, 0.3) is 5.91 Å². The molecule has 3 N–H and O–H groups in total. The number of H-pyrrole nitrogens is 1. The van der Waals surface area contributed by atoms with Crippen LogP contribution in [0.25, 0.3) is 10.9 Å². The topological polar surface area (TPSA) is 71.8 Å². The second-order valence-electron chi connectivity index (χ2n) is 2.28. The number of nitrogens with one attached hydrogen (secondary N) is 1. The Morgan fingerprint density at radius 2 is 2.67 bits per heavy atom. The summed E-state index contributed by atoms with van der Waals surface area (Å²) < 4.78 is 22.4. The van der Waals surface area contributed by atoms with Crippen molar-refractivity contribution in [1.29, 1.82) is 0 Å². The Balaban J connectivity index is 2.95. The second kappa shape index (κ2) is 2.34. The van der Waals surface area contributed by atoms with Gasteiger partial charge >= 0.3 is 0 Å². The molecule has 1 aromatic heterocycles. The van der Waals surface area contributed by atoms with Gasteiger partial charge in [-0.25, -0.2) is 0 Å². The van der Waals surface area contributed by atoms with Crippen LogP contribution >= 0.6 is 0 Å². The molecule has 0 aliphatic heterocycles. The third-order valence-electron chi connectivity index (χ3n) is 1.51. The molecule has 1 heterocycles. The van der Waals surface area contributed by atoms with E-state index >= 15 is 0 Å². The van der Waals surface area contributed by atoms with Crippen LogP contribution in [-0.2, 0) is 0 Å². The third kappa shape index (κ3) is 0.852. The highest BCUT2D eigenvalue weighted by Gasteiger charge is 2.08. The molecule has 1 amide bonds. The fraction of sp³-hybridized carbons (Fsp3) is 0. The van der Waals surface area contributed by atoms with E-state index in [1.165, 1.54) is 12.1 Å². The Morgan fingerprint density at radius 3 is 3.42 bits per heavy atom. The second-order valence-corrected chi connectivity index (χ2v) is 2.28. The van der Waals surface area contributed by atoms with Gasteiger partial charge in [0.05, 0.1) is 8.26 Å². The number of nitrogens with two attached hydrogens (primary N) is 1. The molecule has 60 valence electrons. The van der Waals surface area contributed by atoms with Crippen LogP contribution in [0, 0.1) is 0 Å². The molecule has 0 spiro atoms. The van der Waals surface area contributed by atoms with Gasteiger partial charge < -0.3 is 5.73 Å². The summed E-state index contributed by atoms with van der Waals surface area (Å²) >= 11 is 0. The number of carbonyl (C=O) groups is 1. The van der Waals surface area contributed by atoms with Crippen LogP contribution in [0.4, 0.5) is 0 Å². The molecule has 0 fully saturated rings. The fourth-order valence-electron chi connectivity index (χ4n) is 0.972. The van der Waals surface area contributed by atoms with Crippen LogP contribution in [0.2, 0.25) is 1.41 Å². The summed E-state index contributed by atoms with van der Waals surface area (Å²) in [5.41, 5.74) is 5.23. The van der Waals surface area contributed by atoms with Gasteiger partial charge in [-0.2, -0.15) is 5.10 Å². The Hall–Kier alpha value is -1.84. The van der Waals surface area contributed by atoms with E-state index in [-0.39, 0.29) is 23.2 Å². The number of rotatable bonds is 1. The van der Waals surface area contributed by atoms with Gasteiger partial charge in [-0.3, -0.25) is 9.89 Å². The predicted octanol–water partition coefficient (Wildman–Crippen LogP) is 0.662. The van der Waals surface area contributed by atoms with Crippen molar-refractivity contribution in [2.45, 2.75) is 0 Å². The summed E-state index contributed by atoms with van der Waals surface area (Å²) in [5.74, 6) is -0.801. The number of primary amides is 1. The first-order valence-electron chi connectivity index (χ1n) is 4.75. The highest BCUT2D eigenvalue weighted by molar-refractivity contribution is 6.03. The molecule has 4 heteroatoms. The standard InChI is InChI=1S/C8H7N3O/c9-8(12)7-5-3-1-2-4-6(5)10-11-7/h1-4H,(H2,9,12)(H,10,11)/i1D,3D/hD. The van der Waals surface area contributed by atoms with Gasteiger partial charge in [-0.15, -0.1) is 0 Å². The summed E-state index contributed by atoms with van der Waals surface area (Å²) in [6.45, 7) is 0. The Bertz CT molecular complexity index is 564. The van der Waals surface area contributed by atoms with Crippen LogP contribution in [0.15, 0.2) is 24.2 Å². The lowest BCUT2D eigenvalue weighted by Crippen LogP contribution is -2.11. The van der Waals surface area contributed by atoms with Crippen molar-refractivity contribution in [3.8, 4) is 0 Å². The molecule has 2 aromatic rings. The maximum absolute atomic E-state index is 11.0. The largest absolute Gasteiger partial charge is 0.364 e. The lowest BCUT2D eigenvalue weighted by Gasteiger charge is -1.88. The molecule has 0 unspecified atom stereocenters. The minimum atomic E-state index is -0.801. The number of para-hydroxylation sites is 1. The van der Waals surface area contributed by atoms with Crippen molar-refractivity contribution in [2.24, 2.45) is 5.73 Å². The van der Waals surface area contributed by atoms with Crippen molar-refractivity contribution in [3.05, 3.63) is 29.9 Å². The fourth-order valence-corrected chi connectivity index (χ4v) is 0.972. The first-order valence-corrected chi connectivity index (χ1v) is 3.30. The predicted molar refractivity (Wildman–Crippen MR) is 44.6 cm³/mol. The zero-order chi connectivity index (χ0) is 11.2. The molecule has 0 aliphatic rings. The number of aromatic amines is 1. The smallest absolute Gasteiger partial charge is 0.269 e. The average Bonchev–Trinajstić information content (AvgIpc) is 2.50. The van der Waals surface area contributed by atoms with E-state index in [4.69, 9.17) is 9.89 Å². The van der Waals surface area contributed by atoms with E-state index < -0.39 is 5.91 Å². The van der Waals surface area contributed by atoms with Gasteiger partial charge in [-0.05, 0) is 6.07 Å². The molecule has 1 aromatic carbocycles. The lowest BCUT2D eigenvalue weighted by molar-refractivity contribution is 0.0997. The summed E-state index contributed by atoms with van der Waals surface area (Å²) in [4.78, 5) is 11.0. The minimum absolute atomic E-state index is 0.0296. The molecule has 12 heavy (non-hydrogen) atoms. The Morgan fingerprint density at radius 1 is 1.83 bits per heavy atom. The Labute approximate surface area is 72.6 Å². The third-order valence-corrected chi connectivity index (χ3v) is 1.51. The van der Waals surface area contributed by atoms with E-state index in [0.29, 0.717) is 5.52 Å². The van der Waals surface area contributed by atoms with Crippen LogP contribution in [0.5, 0.6) is 0 Å². The molecule has 0 radical (unpaired) electrons. The molecule has 0 atom stereocenters.